The molecule has 1 N–H and O–H groups in total. The van der Waals surface area contributed by atoms with Gasteiger partial charge < -0.3 is 14.4 Å². The quantitative estimate of drug-likeness (QED) is 0.755. The van der Waals surface area contributed by atoms with Crippen molar-refractivity contribution in [2.45, 2.75) is 6.61 Å². The SMILES string of the molecule is Cn1cc(C#N)c(-c2ccc(OCc3ccccc3F)cc2)c1C(=O)O. The summed E-state index contributed by atoms with van der Waals surface area (Å²) in [6.45, 7) is 0.0845. The molecule has 3 aromatic rings. The van der Waals surface area contributed by atoms with Gasteiger partial charge in [-0.05, 0) is 23.8 Å². The van der Waals surface area contributed by atoms with Crippen molar-refractivity contribution >= 4 is 5.97 Å². The van der Waals surface area contributed by atoms with Crippen LogP contribution < -0.4 is 4.74 Å². The van der Waals surface area contributed by atoms with Crippen LogP contribution in [0.1, 0.15) is 21.6 Å². The summed E-state index contributed by atoms with van der Waals surface area (Å²) < 4.78 is 20.6. The second-order valence-electron chi connectivity index (χ2n) is 5.70. The van der Waals surface area contributed by atoms with Gasteiger partial charge >= 0.3 is 5.97 Å². The third-order valence-electron chi connectivity index (χ3n) is 4.00. The minimum atomic E-state index is -1.11. The number of aryl methyl sites for hydroxylation is 1. The Hall–Kier alpha value is -3.59. The first kappa shape index (κ1) is 17.2. The van der Waals surface area contributed by atoms with Gasteiger partial charge in [-0.1, -0.05) is 30.3 Å². The van der Waals surface area contributed by atoms with Crippen LogP contribution in [0.15, 0.2) is 54.7 Å². The van der Waals surface area contributed by atoms with Gasteiger partial charge in [-0.2, -0.15) is 5.26 Å². The normalized spacial score (nSPS) is 10.3. The maximum absolute atomic E-state index is 13.6. The van der Waals surface area contributed by atoms with Gasteiger partial charge in [0.2, 0.25) is 0 Å². The van der Waals surface area contributed by atoms with Crippen molar-refractivity contribution in [2.24, 2.45) is 7.05 Å². The van der Waals surface area contributed by atoms with Crippen LogP contribution in [-0.2, 0) is 13.7 Å². The van der Waals surface area contributed by atoms with Gasteiger partial charge in [0.25, 0.3) is 0 Å². The molecule has 0 radical (unpaired) electrons. The highest BCUT2D eigenvalue weighted by atomic mass is 19.1. The largest absolute Gasteiger partial charge is 0.489 e. The summed E-state index contributed by atoms with van der Waals surface area (Å²) in [5.74, 6) is -0.926. The molecule has 0 bridgehead atoms. The van der Waals surface area contributed by atoms with Crippen LogP contribution in [0, 0.1) is 17.1 Å². The van der Waals surface area contributed by atoms with Crippen LogP contribution in [0.2, 0.25) is 0 Å². The predicted octanol–water partition coefficient (Wildman–Crippen LogP) is 3.98. The van der Waals surface area contributed by atoms with Crippen molar-refractivity contribution in [3.05, 3.63) is 77.4 Å². The maximum atomic E-state index is 13.6. The van der Waals surface area contributed by atoms with Crippen molar-refractivity contribution in [3.8, 4) is 22.9 Å². The summed E-state index contributed by atoms with van der Waals surface area (Å²) in [7, 11) is 1.58. The Morgan fingerprint density at radius 2 is 1.92 bits per heavy atom. The van der Waals surface area contributed by atoms with E-state index in [4.69, 9.17) is 4.74 Å². The second-order valence-corrected chi connectivity index (χ2v) is 5.70. The smallest absolute Gasteiger partial charge is 0.353 e. The first-order chi connectivity index (χ1) is 12.5. The van der Waals surface area contributed by atoms with E-state index >= 15 is 0 Å². The number of carbonyl (C=O) groups is 1. The van der Waals surface area contributed by atoms with Crippen LogP contribution >= 0.6 is 0 Å². The number of halogens is 1. The zero-order chi connectivity index (χ0) is 18.7. The molecule has 26 heavy (non-hydrogen) atoms. The maximum Gasteiger partial charge on any atom is 0.353 e. The van der Waals surface area contributed by atoms with E-state index in [1.165, 1.54) is 16.8 Å². The molecule has 0 aliphatic heterocycles. The minimum absolute atomic E-state index is 0.0431. The topological polar surface area (TPSA) is 75.2 Å². The molecule has 0 unspecified atom stereocenters. The number of aromatic nitrogens is 1. The zero-order valence-electron chi connectivity index (χ0n) is 13.9. The van der Waals surface area contributed by atoms with Crippen molar-refractivity contribution in [2.75, 3.05) is 0 Å². The van der Waals surface area contributed by atoms with Crippen molar-refractivity contribution in [1.29, 1.82) is 5.26 Å². The lowest BCUT2D eigenvalue weighted by atomic mass is 10.0. The van der Waals surface area contributed by atoms with E-state index in [2.05, 4.69) is 0 Å². The molecule has 6 heteroatoms. The summed E-state index contributed by atoms with van der Waals surface area (Å²) in [5.41, 5.74) is 1.73. The van der Waals surface area contributed by atoms with Gasteiger partial charge in [-0.3, -0.25) is 0 Å². The van der Waals surface area contributed by atoms with E-state index in [-0.39, 0.29) is 23.7 Å². The first-order valence-electron chi connectivity index (χ1n) is 7.80. The van der Waals surface area contributed by atoms with Crippen LogP contribution in [0.4, 0.5) is 4.39 Å². The van der Waals surface area contributed by atoms with Crippen molar-refractivity contribution in [3.63, 3.8) is 0 Å². The fourth-order valence-electron chi connectivity index (χ4n) is 2.76. The second kappa shape index (κ2) is 7.11. The Morgan fingerprint density at radius 1 is 1.23 bits per heavy atom. The molecule has 0 aliphatic carbocycles. The third kappa shape index (κ3) is 3.28. The molecule has 3 rings (SSSR count). The van der Waals surface area contributed by atoms with E-state index in [0.717, 1.165) is 0 Å². The van der Waals surface area contributed by atoms with E-state index in [1.807, 2.05) is 6.07 Å². The Kier molecular flexibility index (Phi) is 4.72. The minimum Gasteiger partial charge on any atom is -0.489 e. The highest BCUT2D eigenvalue weighted by molar-refractivity contribution is 5.96. The van der Waals surface area contributed by atoms with E-state index in [9.17, 15) is 19.6 Å². The summed E-state index contributed by atoms with van der Waals surface area (Å²) in [6, 6.07) is 15.1. The number of hydrogen-bond acceptors (Lipinski definition) is 3. The fourth-order valence-corrected chi connectivity index (χ4v) is 2.76. The number of rotatable bonds is 5. The summed E-state index contributed by atoms with van der Waals surface area (Å²) in [6.07, 6.45) is 1.49. The van der Waals surface area contributed by atoms with Crippen molar-refractivity contribution in [1.82, 2.24) is 4.57 Å². The highest BCUT2D eigenvalue weighted by Crippen LogP contribution is 2.30. The number of carboxylic acids is 1. The Bertz CT molecular complexity index is 1000. The molecule has 0 aliphatic rings. The molecule has 1 aromatic heterocycles. The molecule has 0 amide bonds. The lowest BCUT2D eigenvalue weighted by Gasteiger charge is -2.09. The van der Waals surface area contributed by atoms with Gasteiger partial charge in [0.15, 0.2) is 0 Å². The molecular weight excluding hydrogens is 335 g/mol. The molecule has 0 fully saturated rings. The van der Waals surface area contributed by atoms with Gasteiger partial charge in [0.1, 0.15) is 29.9 Å². The molecule has 130 valence electrons. The molecule has 0 saturated carbocycles. The molecule has 0 atom stereocenters. The lowest BCUT2D eigenvalue weighted by molar-refractivity contribution is 0.0687. The van der Waals surface area contributed by atoms with Crippen LogP contribution in [0.5, 0.6) is 5.75 Å². The average molecular weight is 350 g/mol. The monoisotopic (exact) mass is 350 g/mol. The number of benzene rings is 2. The number of carboxylic acid groups (broad SMARTS) is 1. The van der Waals surface area contributed by atoms with Gasteiger partial charge in [-0.15, -0.1) is 0 Å². The summed E-state index contributed by atoms with van der Waals surface area (Å²) >= 11 is 0. The number of nitriles is 1. The number of hydrogen-bond donors (Lipinski definition) is 1. The summed E-state index contributed by atoms with van der Waals surface area (Å²) in [5, 5.41) is 18.7. The predicted molar refractivity (Wildman–Crippen MR) is 93.3 cm³/mol. The average Bonchev–Trinajstić information content (AvgIpc) is 2.98. The Morgan fingerprint density at radius 3 is 2.54 bits per heavy atom. The fraction of sp³-hybridized carbons (Fsp3) is 0.100. The molecular formula is C20H15FN2O3. The lowest BCUT2D eigenvalue weighted by Crippen LogP contribution is -2.05. The van der Waals surface area contributed by atoms with Crippen molar-refractivity contribution < 1.29 is 19.0 Å². The Balaban J connectivity index is 1.86. The Labute approximate surface area is 149 Å². The zero-order valence-corrected chi connectivity index (χ0v) is 13.9. The summed E-state index contributed by atoms with van der Waals surface area (Å²) in [4.78, 5) is 11.5. The van der Waals surface area contributed by atoms with Crippen LogP contribution in [0.25, 0.3) is 11.1 Å². The van der Waals surface area contributed by atoms with E-state index in [0.29, 0.717) is 22.4 Å². The molecule has 5 nitrogen and oxygen atoms in total. The van der Waals surface area contributed by atoms with E-state index in [1.54, 1.807) is 49.5 Å². The molecule has 0 spiro atoms. The number of nitrogens with zero attached hydrogens (tertiary/aromatic N) is 2. The van der Waals surface area contributed by atoms with Gasteiger partial charge in [0.05, 0.1) is 5.56 Å². The number of ether oxygens (including phenoxy) is 1. The first-order valence-corrected chi connectivity index (χ1v) is 7.80. The highest BCUT2D eigenvalue weighted by Gasteiger charge is 2.21. The number of aromatic carboxylic acids is 1. The van der Waals surface area contributed by atoms with E-state index < -0.39 is 5.97 Å². The standard InChI is InChI=1S/C20H15FN2O3/c1-23-11-15(10-22)18(19(23)20(24)25)13-6-8-16(9-7-13)26-12-14-4-2-3-5-17(14)21/h2-9,11H,12H2,1H3,(H,24,25). The van der Waals surface area contributed by atoms with Crippen LogP contribution in [-0.4, -0.2) is 15.6 Å². The van der Waals surface area contributed by atoms with Gasteiger partial charge in [0, 0.05) is 24.4 Å². The van der Waals surface area contributed by atoms with Crippen LogP contribution in [0.3, 0.4) is 0 Å². The third-order valence-corrected chi connectivity index (χ3v) is 4.00. The molecule has 0 saturated heterocycles. The molecule has 1 heterocycles. The van der Waals surface area contributed by atoms with Gasteiger partial charge in [-0.25, -0.2) is 9.18 Å². The molecule has 2 aromatic carbocycles.